The Morgan fingerprint density at radius 1 is 1.04 bits per heavy atom. The van der Waals surface area contributed by atoms with Gasteiger partial charge >= 0.3 is 0 Å². The van der Waals surface area contributed by atoms with Crippen molar-refractivity contribution in [3.63, 3.8) is 0 Å². The molecule has 0 amide bonds. The molecule has 0 aliphatic rings. The second-order valence-corrected chi connectivity index (χ2v) is 6.41. The molecular formula is C22H21FN4O. The molecule has 0 unspecified atom stereocenters. The zero-order chi connectivity index (χ0) is 19.3. The number of anilines is 3. The Labute approximate surface area is 162 Å². The summed E-state index contributed by atoms with van der Waals surface area (Å²) in [5.41, 5.74) is 4.10. The first-order chi connectivity index (χ1) is 13.8. The molecule has 6 heteroatoms. The largest absolute Gasteiger partial charge is 0.492 e. The molecule has 4 rings (SSSR count). The fourth-order valence-electron chi connectivity index (χ4n) is 3.25. The first kappa shape index (κ1) is 17.9. The van der Waals surface area contributed by atoms with Crippen LogP contribution < -0.4 is 15.4 Å². The third kappa shape index (κ3) is 3.62. The van der Waals surface area contributed by atoms with Crippen LogP contribution >= 0.6 is 0 Å². The van der Waals surface area contributed by atoms with Gasteiger partial charge in [-0.3, -0.25) is 4.98 Å². The summed E-state index contributed by atoms with van der Waals surface area (Å²) in [7, 11) is 1.46. The third-order valence-electron chi connectivity index (χ3n) is 4.65. The minimum Gasteiger partial charge on any atom is -0.492 e. The van der Waals surface area contributed by atoms with Gasteiger partial charge in [-0.1, -0.05) is 18.2 Å². The molecule has 2 aromatic heterocycles. The zero-order valence-electron chi connectivity index (χ0n) is 15.5. The Kier molecular flexibility index (Phi) is 5.10. The molecule has 4 aromatic rings. The standard InChI is InChI=1S/C22H21FN4O/c1-28-22-20(27-16-9-11-24-12-10-16)7-6-19(21(22)23)25-13-8-15-14-26-18-5-3-2-4-17(15)18/h2-7,9-12,14,25-26H,8,13H2,1H3,(H,24,27). The van der Waals surface area contributed by atoms with Crippen molar-refractivity contribution in [1.82, 2.24) is 9.97 Å². The number of benzene rings is 2. The first-order valence-corrected chi connectivity index (χ1v) is 9.08. The quantitative estimate of drug-likeness (QED) is 0.419. The topological polar surface area (TPSA) is 62.0 Å². The van der Waals surface area contributed by atoms with E-state index < -0.39 is 5.82 Å². The lowest BCUT2D eigenvalue weighted by Crippen LogP contribution is -2.07. The van der Waals surface area contributed by atoms with E-state index in [4.69, 9.17) is 4.74 Å². The summed E-state index contributed by atoms with van der Waals surface area (Å²) in [5, 5.41) is 7.52. The Bertz CT molecular complexity index is 1080. The number of aromatic nitrogens is 2. The van der Waals surface area contributed by atoms with Crippen LogP contribution in [0.4, 0.5) is 21.5 Å². The Balaban J connectivity index is 1.47. The van der Waals surface area contributed by atoms with Gasteiger partial charge in [0.2, 0.25) is 0 Å². The van der Waals surface area contributed by atoms with Crippen molar-refractivity contribution >= 4 is 28.0 Å². The van der Waals surface area contributed by atoms with Crippen LogP contribution in [-0.2, 0) is 6.42 Å². The summed E-state index contributed by atoms with van der Waals surface area (Å²) < 4.78 is 20.2. The van der Waals surface area contributed by atoms with Crippen molar-refractivity contribution in [2.75, 3.05) is 24.3 Å². The molecule has 0 bridgehead atoms. The minimum absolute atomic E-state index is 0.175. The Morgan fingerprint density at radius 3 is 2.64 bits per heavy atom. The highest BCUT2D eigenvalue weighted by Crippen LogP contribution is 2.34. The summed E-state index contributed by atoms with van der Waals surface area (Å²) in [6, 6.07) is 15.3. The molecule has 2 aromatic carbocycles. The van der Waals surface area contributed by atoms with Crippen LogP contribution in [-0.4, -0.2) is 23.6 Å². The summed E-state index contributed by atoms with van der Waals surface area (Å²) in [5.74, 6) is -0.241. The molecule has 0 atom stereocenters. The van der Waals surface area contributed by atoms with Crippen LogP contribution in [0.2, 0.25) is 0 Å². The van der Waals surface area contributed by atoms with E-state index >= 15 is 0 Å². The Hall–Kier alpha value is -3.54. The van der Waals surface area contributed by atoms with E-state index in [0.717, 1.165) is 17.6 Å². The lowest BCUT2D eigenvalue weighted by Gasteiger charge is -2.15. The van der Waals surface area contributed by atoms with Gasteiger partial charge in [-0.25, -0.2) is 4.39 Å². The van der Waals surface area contributed by atoms with E-state index in [2.05, 4.69) is 26.7 Å². The van der Waals surface area contributed by atoms with Gasteiger partial charge in [-0.15, -0.1) is 0 Å². The number of para-hydroxylation sites is 1. The van der Waals surface area contributed by atoms with E-state index in [1.165, 1.54) is 18.1 Å². The molecule has 0 aliphatic heterocycles. The number of halogens is 1. The smallest absolute Gasteiger partial charge is 0.190 e. The van der Waals surface area contributed by atoms with Crippen LogP contribution in [0.15, 0.2) is 67.1 Å². The van der Waals surface area contributed by atoms with E-state index in [1.807, 2.05) is 36.5 Å². The lowest BCUT2D eigenvalue weighted by atomic mass is 10.1. The number of nitrogens with zero attached hydrogens (tertiary/aromatic N) is 1. The van der Waals surface area contributed by atoms with Gasteiger partial charge in [-0.2, -0.15) is 0 Å². The number of pyridine rings is 1. The van der Waals surface area contributed by atoms with Crippen molar-refractivity contribution in [2.24, 2.45) is 0 Å². The molecule has 0 spiro atoms. The second-order valence-electron chi connectivity index (χ2n) is 6.41. The predicted octanol–water partition coefficient (Wildman–Crippen LogP) is 5.11. The Morgan fingerprint density at radius 2 is 1.82 bits per heavy atom. The van der Waals surface area contributed by atoms with Gasteiger partial charge in [-0.05, 0) is 42.3 Å². The molecule has 142 valence electrons. The number of hydrogen-bond acceptors (Lipinski definition) is 4. The zero-order valence-corrected chi connectivity index (χ0v) is 15.5. The van der Waals surface area contributed by atoms with Crippen LogP contribution in [0.25, 0.3) is 10.9 Å². The van der Waals surface area contributed by atoms with Gasteiger partial charge in [0.05, 0.1) is 18.5 Å². The van der Waals surface area contributed by atoms with Crippen molar-refractivity contribution < 1.29 is 9.13 Å². The van der Waals surface area contributed by atoms with Crippen LogP contribution in [0.5, 0.6) is 5.75 Å². The summed E-state index contributed by atoms with van der Waals surface area (Å²) >= 11 is 0. The first-order valence-electron chi connectivity index (χ1n) is 9.08. The molecular weight excluding hydrogens is 355 g/mol. The fourth-order valence-corrected chi connectivity index (χ4v) is 3.25. The molecule has 2 heterocycles. The predicted molar refractivity (Wildman–Crippen MR) is 111 cm³/mol. The molecule has 0 saturated heterocycles. The lowest BCUT2D eigenvalue weighted by molar-refractivity contribution is 0.389. The molecule has 0 fully saturated rings. The van der Waals surface area contributed by atoms with Crippen molar-refractivity contribution in [3.8, 4) is 5.75 Å². The van der Waals surface area contributed by atoms with Crippen molar-refractivity contribution in [2.45, 2.75) is 6.42 Å². The highest BCUT2D eigenvalue weighted by atomic mass is 19.1. The van der Waals surface area contributed by atoms with Gasteiger partial charge in [0.15, 0.2) is 11.6 Å². The van der Waals surface area contributed by atoms with E-state index in [9.17, 15) is 4.39 Å². The molecule has 0 saturated carbocycles. The van der Waals surface area contributed by atoms with E-state index in [1.54, 1.807) is 24.5 Å². The van der Waals surface area contributed by atoms with E-state index in [-0.39, 0.29) is 5.75 Å². The number of ether oxygens (including phenoxy) is 1. The number of aromatic amines is 1. The third-order valence-corrected chi connectivity index (χ3v) is 4.65. The highest BCUT2D eigenvalue weighted by molar-refractivity contribution is 5.83. The SMILES string of the molecule is COc1c(Nc2ccncc2)ccc(NCCc2c[nH]c3ccccc23)c1F. The van der Waals surface area contributed by atoms with Crippen LogP contribution in [0.3, 0.4) is 0 Å². The normalized spacial score (nSPS) is 10.8. The number of nitrogens with one attached hydrogen (secondary N) is 3. The second kappa shape index (κ2) is 8.00. The molecule has 3 N–H and O–H groups in total. The minimum atomic E-state index is -0.416. The van der Waals surface area contributed by atoms with E-state index in [0.29, 0.717) is 17.9 Å². The number of H-pyrrole nitrogens is 1. The summed E-state index contributed by atoms with van der Waals surface area (Å²) in [6.07, 6.45) is 6.13. The van der Waals surface area contributed by atoms with Gasteiger partial charge in [0.1, 0.15) is 0 Å². The van der Waals surface area contributed by atoms with Gasteiger partial charge < -0.3 is 20.4 Å². The summed E-state index contributed by atoms with van der Waals surface area (Å²) in [6.45, 7) is 0.610. The van der Waals surface area contributed by atoms with Crippen molar-refractivity contribution in [3.05, 3.63) is 78.5 Å². The monoisotopic (exact) mass is 376 g/mol. The molecule has 28 heavy (non-hydrogen) atoms. The molecule has 0 aliphatic carbocycles. The van der Waals surface area contributed by atoms with Gasteiger partial charge in [0, 0.05) is 41.7 Å². The van der Waals surface area contributed by atoms with Crippen LogP contribution in [0, 0.1) is 5.82 Å². The number of methoxy groups -OCH3 is 1. The van der Waals surface area contributed by atoms with Crippen molar-refractivity contribution in [1.29, 1.82) is 0 Å². The maximum atomic E-state index is 14.9. The molecule has 5 nitrogen and oxygen atoms in total. The van der Waals surface area contributed by atoms with Crippen LogP contribution in [0.1, 0.15) is 5.56 Å². The number of hydrogen-bond donors (Lipinski definition) is 3. The number of fused-ring (bicyclic) bond motifs is 1. The average molecular weight is 376 g/mol. The fraction of sp³-hybridized carbons (Fsp3) is 0.136. The van der Waals surface area contributed by atoms with Gasteiger partial charge in [0.25, 0.3) is 0 Å². The maximum Gasteiger partial charge on any atom is 0.190 e. The average Bonchev–Trinajstić information content (AvgIpc) is 3.14. The maximum absolute atomic E-state index is 14.9. The number of rotatable bonds is 7. The molecule has 0 radical (unpaired) electrons. The highest BCUT2D eigenvalue weighted by Gasteiger charge is 2.14. The summed E-state index contributed by atoms with van der Waals surface area (Å²) in [4.78, 5) is 7.24.